The summed E-state index contributed by atoms with van der Waals surface area (Å²) in [4.78, 5) is 11.0. The standard InChI is InChI=1S/C12H13N7.C7H7FS.C5H10O/c13-8-16-12(14)9-7-15-10-3-4-11(17-19(9)10)18-5-1-2-6-18;1-9-7-4-2-6(8)3-5-7;1-2-4-6-5-3-1/h3-4,7H,1-2,5-6H2,(H2,14,16);2-5H,1H3;1-5H2. The Kier molecular flexibility index (Phi) is 10.1. The van der Waals surface area contributed by atoms with Crippen molar-refractivity contribution in [1.29, 1.82) is 5.26 Å². The third-order valence-electron chi connectivity index (χ3n) is 5.34. The number of nitrogens with zero attached hydrogens (tertiary/aromatic N) is 6. The van der Waals surface area contributed by atoms with E-state index < -0.39 is 0 Å². The van der Waals surface area contributed by atoms with Crippen LogP contribution in [-0.4, -0.2) is 53.0 Å². The largest absolute Gasteiger partial charge is 0.381 e. The molecule has 10 heteroatoms. The molecule has 2 N–H and O–H groups in total. The van der Waals surface area contributed by atoms with Crippen molar-refractivity contribution in [2.45, 2.75) is 37.0 Å². The van der Waals surface area contributed by atoms with Crippen molar-refractivity contribution in [3.05, 3.63) is 54.1 Å². The second kappa shape index (κ2) is 13.5. The summed E-state index contributed by atoms with van der Waals surface area (Å²) in [6.45, 7) is 4.04. The quantitative estimate of drug-likeness (QED) is 0.257. The van der Waals surface area contributed by atoms with Crippen LogP contribution in [0.5, 0.6) is 0 Å². The molecule has 0 radical (unpaired) electrons. The molecule has 2 saturated heterocycles. The van der Waals surface area contributed by atoms with Gasteiger partial charge in [-0.25, -0.2) is 13.9 Å². The summed E-state index contributed by atoms with van der Waals surface area (Å²) in [5.74, 6) is 0.850. The number of imidazole rings is 1. The summed E-state index contributed by atoms with van der Waals surface area (Å²) in [5, 5.41) is 13.1. The molecule has 0 unspecified atom stereocenters. The van der Waals surface area contributed by atoms with Crippen LogP contribution in [0.1, 0.15) is 37.8 Å². The van der Waals surface area contributed by atoms with Crippen LogP contribution >= 0.6 is 11.8 Å². The molecule has 2 aliphatic heterocycles. The van der Waals surface area contributed by atoms with E-state index in [1.165, 1.54) is 44.2 Å². The Hall–Kier alpha value is -3.16. The molecule has 34 heavy (non-hydrogen) atoms. The van der Waals surface area contributed by atoms with E-state index in [0.29, 0.717) is 11.3 Å². The normalized spacial score (nSPS) is 15.7. The third kappa shape index (κ3) is 7.43. The smallest absolute Gasteiger partial charge is 0.207 e. The number of ether oxygens (including phenoxy) is 1. The van der Waals surface area contributed by atoms with E-state index in [2.05, 4.69) is 20.0 Å². The number of nitrogens with two attached hydrogens (primary N) is 1. The SMILES string of the molecule is C1CCOCC1.CSc1ccc(F)cc1.N#CN=C(N)c1cnc2ccc(N3CCCC3)nn12. The van der Waals surface area contributed by atoms with Crippen LogP contribution in [-0.2, 0) is 4.74 Å². The molecular weight excluding hydrogens is 453 g/mol. The fraction of sp³-hybridized carbons (Fsp3) is 0.417. The van der Waals surface area contributed by atoms with Gasteiger partial charge in [-0.3, -0.25) is 0 Å². The van der Waals surface area contributed by atoms with Gasteiger partial charge in [0.1, 0.15) is 17.3 Å². The minimum Gasteiger partial charge on any atom is -0.381 e. The molecule has 1 aromatic carbocycles. The van der Waals surface area contributed by atoms with Crippen LogP contribution in [0.4, 0.5) is 10.2 Å². The second-order valence-corrected chi connectivity index (χ2v) is 8.61. The summed E-state index contributed by atoms with van der Waals surface area (Å²) in [6.07, 6.45) is 11.5. The Morgan fingerprint density at radius 2 is 1.79 bits per heavy atom. The highest BCUT2D eigenvalue weighted by Crippen LogP contribution is 2.18. The van der Waals surface area contributed by atoms with Crippen LogP contribution in [0.25, 0.3) is 5.65 Å². The number of rotatable bonds is 3. The maximum Gasteiger partial charge on any atom is 0.207 e. The molecule has 0 spiro atoms. The van der Waals surface area contributed by atoms with Crippen LogP contribution in [0.15, 0.2) is 52.5 Å². The Labute approximate surface area is 203 Å². The zero-order chi connectivity index (χ0) is 24.2. The van der Waals surface area contributed by atoms with E-state index in [-0.39, 0.29) is 11.7 Å². The Morgan fingerprint density at radius 1 is 1.09 bits per heavy atom. The molecule has 0 saturated carbocycles. The van der Waals surface area contributed by atoms with Crippen molar-refractivity contribution in [1.82, 2.24) is 14.6 Å². The monoisotopic (exact) mass is 483 g/mol. The molecule has 2 aromatic heterocycles. The Bertz CT molecular complexity index is 1090. The summed E-state index contributed by atoms with van der Waals surface area (Å²) in [7, 11) is 0. The number of amidine groups is 1. The minimum atomic E-state index is -0.173. The number of hydrogen-bond donors (Lipinski definition) is 1. The molecule has 4 heterocycles. The number of aliphatic imine (C=N–C) groups is 1. The fourth-order valence-corrected chi connectivity index (χ4v) is 3.93. The van der Waals surface area contributed by atoms with E-state index in [9.17, 15) is 4.39 Å². The van der Waals surface area contributed by atoms with Gasteiger partial charge in [-0.05, 0) is 74.8 Å². The molecule has 0 aliphatic carbocycles. The summed E-state index contributed by atoms with van der Waals surface area (Å²) < 4.78 is 18.9. The second-order valence-electron chi connectivity index (χ2n) is 7.73. The van der Waals surface area contributed by atoms with E-state index in [1.807, 2.05) is 18.4 Å². The van der Waals surface area contributed by atoms with Gasteiger partial charge in [0.2, 0.25) is 6.19 Å². The van der Waals surface area contributed by atoms with E-state index >= 15 is 0 Å². The van der Waals surface area contributed by atoms with Crippen LogP contribution in [0.2, 0.25) is 0 Å². The molecule has 8 nitrogen and oxygen atoms in total. The van der Waals surface area contributed by atoms with E-state index in [4.69, 9.17) is 15.7 Å². The lowest BCUT2D eigenvalue weighted by atomic mass is 10.2. The van der Waals surface area contributed by atoms with Gasteiger partial charge in [0.15, 0.2) is 11.5 Å². The van der Waals surface area contributed by atoms with E-state index in [0.717, 1.165) is 37.0 Å². The minimum absolute atomic E-state index is 0.126. The number of aromatic nitrogens is 3. The molecule has 5 rings (SSSR count). The predicted octanol–water partition coefficient (Wildman–Crippen LogP) is 4.25. The number of fused-ring (bicyclic) bond motifs is 1. The highest BCUT2D eigenvalue weighted by atomic mass is 32.2. The summed E-state index contributed by atoms with van der Waals surface area (Å²) >= 11 is 1.61. The topological polar surface area (TPSA) is 105 Å². The number of nitriles is 1. The van der Waals surface area contributed by atoms with E-state index in [1.54, 1.807) is 40.8 Å². The number of hydrogen-bond acceptors (Lipinski definition) is 7. The van der Waals surface area contributed by atoms with Crippen LogP contribution < -0.4 is 10.6 Å². The van der Waals surface area contributed by atoms with Gasteiger partial charge in [0.25, 0.3) is 0 Å². The zero-order valence-electron chi connectivity index (χ0n) is 19.4. The van der Waals surface area contributed by atoms with Crippen molar-refractivity contribution in [2.75, 3.05) is 37.5 Å². The van der Waals surface area contributed by atoms with Crippen LogP contribution in [0, 0.1) is 17.3 Å². The van der Waals surface area contributed by atoms with Gasteiger partial charge in [-0.2, -0.15) is 10.3 Å². The van der Waals surface area contributed by atoms with Gasteiger partial charge >= 0.3 is 0 Å². The third-order valence-corrected chi connectivity index (χ3v) is 6.08. The summed E-state index contributed by atoms with van der Waals surface area (Å²) in [5.41, 5.74) is 6.96. The molecular formula is C24H30FN7OS. The number of anilines is 1. The van der Waals surface area contributed by atoms with Crippen molar-refractivity contribution in [2.24, 2.45) is 10.7 Å². The maximum atomic E-state index is 12.2. The van der Waals surface area contributed by atoms with Crippen molar-refractivity contribution >= 4 is 29.1 Å². The first kappa shape index (κ1) is 25.5. The lowest BCUT2D eigenvalue weighted by Crippen LogP contribution is -2.21. The number of halogens is 1. The van der Waals surface area contributed by atoms with Crippen molar-refractivity contribution in [3.8, 4) is 6.19 Å². The van der Waals surface area contributed by atoms with Crippen LogP contribution in [0.3, 0.4) is 0 Å². The molecule has 0 atom stereocenters. The Balaban J connectivity index is 0.000000178. The maximum absolute atomic E-state index is 12.2. The molecule has 0 bridgehead atoms. The first-order chi connectivity index (χ1) is 16.6. The van der Waals surface area contributed by atoms with Gasteiger partial charge in [0, 0.05) is 31.2 Å². The molecule has 2 aliphatic rings. The average molecular weight is 484 g/mol. The van der Waals surface area contributed by atoms with Crippen molar-refractivity contribution < 1.29 is 9.13 Å². The summed E-state index contributed by atoms with van der Waals surface area (Å²) in [6, 6.07) is 10.3. The number of benzene rings is 1. The van der Waals surface area contributed by atoms with Crippen molar-refractivity contribution in [3.63, 3.8) is 0 Å². The van der Waals surface area contributed by atoms with Gasteiger partial charge in [-0.15, -0.1) is 16.9 Å². The molecule has 3 aromatic rings. The lowest BCUT2D eigenvalue weighted by Gasteiger charge is -2.16. The highest BCUT2D eigenvalue weighted by molar-refractivity contribution is 7.98. The van der Waals surface area contributed by atoms with Gasteiger partial charge in [0.05, 0.1) is 6.20 Å². The van der Waals surface area contributed by atoms with Gasteiger partial charge in [-0.1, -0.05) is 0 Å². The van der Waals surface area contributed by atoms with Gasteiger partial charge < -0.3 is 15.4 Å². The molecule has 180 valence electrons. The first-order valence-corrected chi connectivity index (χ1v) is 12.5. The zero-order valence-corrected chi connectivity index (χ0v) is 20.2. The fourth-order valence-electron chi connectivity index (χ4n) is 3.52. The predicted molar refractivity (Wildman–Crippen MR) is 134 cm³/mol. The highest BCUT2D eigenvalue weighted by Gasteiger charge is 2.16. The first-order valence-electron chi connectivity index (χ1n) is 11.3. The lowest BCUT2D eigenvalue weighted by molar-refractivity contribution is 0.0968. The Morgan fingerprint density at radius 3 is 2.35 bits per heavy atom. The molecule has 2 fully saturated rings. The number of thioether (sulfide) groups is 1. The average Bonchev–Trinajstić information content (AvgIpc) is 3.57. The molecule has 0 amide bonds.